The highest BCUT2D eigenvalue weighted by atomic mass is 16.4. The average Bonchev–Trinajstić information content (AvgIpc) is 2.83. The molecule has 1 atom stereocenters. The van der Waals surface area contributed by atoms with E-state index in [1.807, 2.05) is 12.1 Å². The van der Waals surface area contributed by atoms with Crippen LogP contribution in [0.1, 0.15) is 65.9 Å². The third-order valence-corrected chi connectivity index (χ3v) is 5.86. The van der Waals surface area contributed by atoms with Gasteiger partial charge in [-0.2, -0.15) is 0 Å². The monoisotopic (exact) mass is 491 g/mol. The maximum atomic E-state index is 11.3. The third-order valence-electron chi connectivity index (χ3n) is 5.86. The van der Waals surface area contributed by atoms with E-state index in [1.165, 1.54) is 16.7 Å². The maximum Gasteiger partial charge on any atom is 0.307 e. The zero-order valence-corrected chi connectivity index (χ0v) is 23.1. The van der Waals surface area contributed by atoms with Gasteiger partial charge in [-0.1, -0.05) is 64.6 Å². The fourth-order valence-electron chi connectivity index (χ4n) is 4.07. The molecular weight excluding hydrogens is 446 g/mol. The van der Waals surface area contributed by atoms with Crippen LogP contribution in [0.15, 0.2) is 77.0 Å². The number of piperidine rings is 1. The molecule has 0 radical (unpaired) electrons. The van der Waals surface area contributed by atoms with Crippen LogP contribution in [0.4, 0.5) is 5.69 Å². The molecule has 2 N–H and O–H groups in total. The lowest BCUT2D eigenvalue weighted by Gasteiger charge is -2.30. The van der Waals surface area contributed by atoms with Gasteiger partial charge in [0.15, 0.2) is 0 Å². The first-order chi connectivity index (χ1) is 17.0. The van der Waals surface area contributed by atoms with Crippen molar-refractivity contribution in [1.29, 1.82) is 0 Å². The van der Waals surface area contributed by atoms with Gasteiger partial charge in [-0.3, -0.25) is 14.7 Å². The Morgan fingerprint density at radius 1 is 1.22 bits per heavy atom. The highest BCUT2D eigenvalue weighted by Gasteiger charge is 2.25. The van der Waals surface area contributed by atoms with E-state index in [0.717, 1.165) is 55.9 Å². The van der Waals surface area contributed by atoms with Crippen molar-refractivity contribution in [2.45, 2.75) is 66.8 Å². The highest BCUT2D eigenvalue weighted by molar-refractivity contribution is 6.10. The summed E-state index contributed by atoms with van der Waals surface area (Å²) in [5, 5.41) is 12.6. The number of benzene rings is 1. The lowest BCUT2D eigenvalue weighted by molar-refractivity contribution is -0.143. The molecule has 1 saturated heterocycles. The quantitative estimate of drug-likeness (QED) is 0.376. The SMILES string of the molecule is C=C(Nc1ccc(CN2CCCC(C(=O)O)C2)cc1)C(/C=C(\C)C1=CCCC=C1)=NC.CC(C)(C)C. The van der Waals surface area contributed by atoms with E-state index < -0.39 is 5.97 Å². The number of carboxylic acid groups (broad SMARTS) is 1. The van der Waals surface area contributed by atoms with Crippen molar-refractivity contribution in [3.05, 3.63) is 77.6 Å². The van der Waals surface area contributed by atoms with Crippen LogP contribution in [-0.4, -0.2) is 41.8 Å². The summed E-state index contributed by atoms with van der Waals surface area (Å²) in [4.78, 5) is 17.9. The molecule has 1 aromatic rings. The summed E-state index contributed by atoms with van der Waals surface area (Å²) in [6.07, 6.45) is 12.6. The van der Waals surface area contributed by atoms with Gasteiger partial charge in [-0.25, -0.2) is 0 Å². The Morgan fingerprint density at radius 2 is 1.89 bits per heavy atom. The van der Waals surface area contributed by atoms with Gasteiger partial charge in [0.25, 0.3) is 0 Å². The van der Waals surface area contributed by atoms with Crippen LogP contribution < -0.4 is 5.32 Å². The molecule has 0 amide bonds. The van der Waals surface area contributed by atoms with Crippen LogP contribution in [0.3, 0.4) is 0 Å². The fourth-order valence-corrected chi connectivity index (χ4v) is 4.07. The van der Waals surface area contributed by atoms with E-state index in [4.69, 9.17) is 0 Å². The molecule has 196 valence electrons. The lowest BCUT2D eigenvalue weighted by Crippen LogP contribution is -2.38. The maximum absolute atomic E-state index is 11.3. The number of hydrogen-bond acceptors (Lipinski definition) is 4. The Kier molecular flexibility index (Phi) is 11.4. The minimum Gasteiger partial charge on any atom is -0.481 e. The smallest absolute Gasteiger partial charge is 0.307 e. The van der Waals surface area contributed by atoms with Crippen LogP contribution >= 0.6 is 0 Å². The Balaban J connectivity index is 0.000000830. The van der Waals surface area contributed by atoms with Crippen LogP contribution in [0, 0.1) is 11.3 Å². The first kappa shape index (κ1) is 29.3. The van der Waals surface area contributed by atoms with Gasteiger partial charge in [-0.05, 0) is 79.5 Å². The number of carboxylic acids is 1. The second-order valence-electron chi connectivity index (χ2n) is 11.3. The third kappa shape index (κ3) is 10.8. The minimum atomic E-state index is -0.684. The lowest BCUT2D eigenvalue weighted by atomic mass is 9.98. The van der Waals surface area contributed by atoms with Crippen molar-refractivity contribution in [2.24, 2.45) is 16.3 Å². The molecule has 2 aliphatic rings. The van der Waals surface area contributed by atoms with Crippen molar-refractivity contribution in [3.8, 4) is 0 Å². The second kappa shape index (κ2) is 14.0. The summed E-state index contributed by atoms with van der Waals surface area (Å²) in [5.74, 6) is -0.933. The number of aliphatic imine (C=N–C) groups is 1. The Hall–Kier alpha value is -2.92. The molecule has 0 spiro atoms. The molecule has 1 heterocycles. The van der Waals surface area contributed by atoms with Crippen molar-refractivity contribution in [3.63, 3.8) is 0 Å². The summed E-state index contributed by atoms with van der Waals surface area (Å²) in [6, 6.07) is 8.24. The van der Waals surface area contributed by atoms with Gasteiger partial charge in [0.05, 0.1) is 17.3 Å². The number of likely N-dealkylation sites (tertiary alicyclic amines) is 1. The number of rotatable bonds is 8. The van der Waals surface area contributed by atoms with Crippen LogP contribution in [-0.2, 0) is 11.3 Å². The molecule has 1 aliphatic heterocycles. The first-order valence-corrected chi connectivity index (χ1v) is 13.0. The number of carbonyl (C=O) groups is 1. The topological polar surface area (TPSA) is 64.9 Å². The van der Waals surface area contributed by atoms with Crippen molar-refractivity contribution >= 4 is 17.4 Å². The predicted molar refractivity (Wildman–Crippen MR) is 154 cm³/mol. The molecule has 1 aliphatic carbocycles. The Bertz CT molecular complexity index is 1000. The second-order valence-corrected chi connectivity index (χ2v) is 11.3. The molecular formula is C31H45N3O2. The van der Waals surface area contributed by atoms with Gasteiger partial charge in [-0.15, -0.1) is 0 Å². The molecule has 3 rings (SSSR count). The van der Waals surface area contributed by atoms with E-state index in [0.29, 0.717) is 12.0 Å². The molecule has 1 aromatic carbocycles. The molecule has 36 heavy (non-hydrogen) atoms. The zero-order valence-electron chi connectivity index (χ0n) is 23.1. The summed E-state index contributed by atoms with van der Waals surface area (Å²) >= 11 is 0. The summed E-state index contributed by atoms with van der Waals surface area (Å²) in [6.45, 7) is 17.4. The number of nitrogens with zero attached hydrogens (tertiary/aromatic N) is 2. The molecule has 1 fully saturated rings. The van der Waals surface area contributed by atoms with E-state index in [9.17, 15) is 9.90 Å². The summed E-state index contributed by atoms with van der Waals surface area (Å²) in [7, 11) is 1.78. The number of hydrogen-bond donors (Lipinski definition) is 2. The predicted octanol–water partition coefficient (Wildman–Crippen LogP) is 7.25. The van der Waals surface area contributed by atoms with E-state index in [-0.39, 0.29) is 5.92 Å². The number of allylic oxidation sites excluding steroid dienone is 6. The van der Waals surface area contributed by atoms with E-state index in [2.05, 4.69) is 92.8 Å². The summed E-state index contributed by atoms with van der Waals surface area (Å²) in [5.41, 5.74) is 6.64. The summed E-state index contributed by atoms with van der Waals surface area (Å²) < 4.78 is 0. The van der Waals surface area contributed by atoms with Crippen LogP contribution in [0.2, 0.25) is 0 Å². The van der Waals surface area contributed by atoms with Crippen LogP contribution in [0.25, 0.3) is 0 Å². The van der Waals surface area contributed by atoms with Crippen molar-refractivity contribution in [2.75, 3.05) is 25.5 Å². The standard InChI is InChI=1S/C26H33N3O2.C5H12/c1-19(22-8-5-4-6-9-22)16-25(27-3)20(2)28-24-13-11-21(12-14-24)17-29-15-7-10-23(18-29)26(30)31;1-5(2,3)4/h5,8-9,11-14,16,23,28H,2,4,6-7,10,15,17-18H2,1,3H3,(H,30,31);1-4H3/b19-16+,27-25?;. The Labute approximate surface area is 218 Å². The number of aliphatic carboxylic acids is 1. The zero-order chi connectivity index (χ0) is 26.7. The molecule has 5 heteroatoms. The molecule has 0 aromatic heterocycles. The van der Waals surface area contributed by atoms with Crippen molar-refractivity contribution in [1.82, 2.24) is 4.90 Å². The highest BCUT2D eigenvalue weighted by Crippen LogP contribution is 2.21. The molecule has 5 nitrogen and oxygen atoms in total. The van der Waals surface area contributed by atoms with Gasteiger partial charge in [0.1, 0.15) is 0 Å². The molecule has 0 bridgehead atoms. The van der Waals surface area contributed by atoms with Crippen LogP contribution in [0.5, 0.6) is 0 Å². The van der Waals surface area contributed by atoms with Crippen molar-refractivity contribution < 1.29 is 9.90 Å². The van der Waals surface area contributed by atoms with E-state index >= 15 is 0 Å². The van der Waals surface area contributed by atoms with Gasteiger partial charge < -0.3 is 10.4 Å². The fraction of sp³-hybridized carbons (Fsp3) is 0.484. The van der Waals surface area contributed by atoms with E-state index in [1.54, 1.807) is 7.05 Å². The largest absolute Gasteiger partial charge is 0.481 e. The molecule has 1 unspecified atom stereocenters. The first-order valence-electron chi connectivity index (χ1n) is 13.0. The molecule has 0 saturated carbocycles. The van der Waals surface area contributed by atoms with Gasteiger partial charge in [0, 0.05) is 25.8 Å². The number of nitrogens with one attached hydrogen (secondary N) is 1. The van der Waals surface area contributed by atoms with Gasteiger partial charge >= 0.3 is 5.97 Å². The number of anilines is 1. The average molecular weight is 492 g/mol. The van der Waals surface area contributed by atoms with Gasteiger partial charge in [0.2, 0.25) is 0 Å². The minimum absolute atomic E-state index is 0.249. The Morgan fingerprint density at radius 3 is 2.44 bits per heavy atom. The normalized spacial score (nSPS) is 19.2.